The Morgan fingerprint density at radius 3 is 2.69 bits per heavy atom. The molecular weight excluding hydrogens is 406 g/mol. The number of thiazole rings is 1. The van der Waals surface area contributed by atoms with Gasteiger partial charge in [0.25, 0.3) is 11.8 Å². The van der Waals surface area contributed by atoms with Crippen LogP contribution in [0, 0.1) is 0 Å². The molecule has 29 heavy (non-hydrogen) atoms. The highest BCUT2D eigenvalue weighted by Gasteiger charge is 2.25. The molecule has 0 atom stereocenters. The Morgan fingerprint density at radius 2 is 2.00 bits per heavy atom. The third kappa shape index (κ3) is 4.49. The lowest BCUT2D eigenvalue weighted by atomic mass is 10.1. The zero-order chi connectivity index (χ0) is 20.4. The molecule has 4 rings (SSSR count). The zero-order valence-corrected chi connectivity index (χ0v) is 17.8. The summed E-state index contributed by atoms with van der Waals surface area (Å²) in [6, 6.07) is 10.9. The SMILES string of the molecule is CC(C)Oc1ccc(C(=O)N2CCc3nc(NC(=O)c4cccs4)sc3C2)cc1. The van der Waals surface area contributed by atoms with E-state index < -0.39 is 0 Å². The summed E-state index contributed by atoms with van der Waals surface area (Å²) < 4.78 is 5.64. The highest BCUT2D eigenvalue weighted by Crippen LogP contribution is 2.29. The van der Waals surface area contributed by atoms with Crippen LogP contribution in [0.1, 0.15) is 44.4 Å². The fraction of sp³-hybridized carbons (Fsp3) is 0.286. The van der Waals surface area contributed by atoms with Crippen LogP contribution in [-0.2, 0) is 13.0 Å². The molecule has 0 bridgehead atoms. The zero-order valence-electron chi connectivity index (χ0n) is 16.2. The number of hydrogen-bond donors (Lipinski definition) is 1. The monoisotopic (exact) mass is 427 g/mol. The fourth-order valence-corrected chi connectivity index (χ4v) is 4.76. The van der Waals surface area contributed by atoms with Crippen LogP contribution in [0.3, 0.4) is 0 Å². The van der Waals surface area contributed by atoms with E-state index in [1.54, 1.807) is 18.2 Å². The van der Waals surface area contributed by atoms with Gasteiger partial charge in [-0.3, -0.25) is 14.9 Å². The molecule has 3 aromatic rings. The maximum absolute atomic E-state index is 12.9. The maximum Gasteiger partial charge on any atom is 0.267 e. The van der Waals surface area contributed by atoms with Gasteiger partial charge in [0.2, 0.25) is 0 Å². The Bertz CT molecular complexity index is 1010. The minimum atomic E-state index is -0.150. The normalized spacial score (nSPS) is 13.3. The van der Waals surface area contributed by atoms with Crippen molar-refractivity contribution >= 4 is 39.6 Å². The molecule has 2 aromatic heterocycles. The van der Waals surface area contributed by atoms with Gasteiger partial charge in [-0.2, -0.15) is 0 Å². The van der Waals surface area contributed by atoms with Crippen molar-refractivity contribution in [1.82, 2.24) is 9.88 Å². The summed E-state index contributed by atoms with van der Waals surface area (Å²) in [5.74, 6) is 0.595. The van der Waals surface area contributed by atoms with Gasteiger partial charge in [0.1, 0.15) is 5.75 Å². The lowest BCUT2D eigenvalue weighted by Crippen LogP contribution is -2.35. The van der Waals surface area contributed by atoms with Gasteiger partial charge in [0, 0.05) is 23.4 Å². The average Bonchev–Trinajstić information content (AvgIpc) is 3.36. The van der Waals surface area contributed by atoms with Gasteiger partial charge >= 0.3 is 0 Å². The molecule has 1 aliphatic heterocycles. The largest absolute Gasteiger partial charge is 0.491 e. The Kier molecular flexibility index (Phi) is 5.64. The first-order valence-corrected chi connectivity index (χ1v) is 11.1. The minimum absolute atomic E-state index is 0.00989. The van der Waals surface area contributed by atoms with Crippen molar-refractivity contribution in [2.24, 2.45) is 0 Å². The molecule has 0 aliphatic carbocycles. The summed E-state index contributed by atoms with van der Waals surface area (Å²) in [5, 5.41) is 5.31. The van der Waals surface area contributed by atoms with Crippen LogP contribution >= 0.6 is 22.7 Å². The molecule has 1 N–H and O–H groups in total. The topological polar surface area (TPSA) is 71.5 Å². The van der Waals surface area contributed by atoms with E-state index in [2.05, 4.69) is 10.3 Å². The second-order valence-electron chi connectivity index (χ2n) is 6.99. The highest BCUT2D eigenvalue weighted by atomic mass is 32.1. The minimum Gasteiger partial charge on any atom is -0.491 e. The fourth-order valence-electron chi connectivity index (χ4n) is 3.12. The van der Waals surface area contributed by atoms with Crippen molar-refractivity contribution in [2.75, 3.05) is 11.9 Å². The Balaban J connectivity index is 1.42. The highest BCUT2D eigenvalue weighted by molar-refractivity contribution is 7.16. The van der Waals surface area contributed by atoms with E-state index in [1.165, 1.54) is 22.7 Å². The number of amides is 2. The molecular formula is C21H21N3O3S2. The van der Waals surface area contributed by atoms with Crippen LogP contribution in [0.15, 0.2) is 41.8 Å². The summed E-state index contributed by atoms with van der Waals surface area (Å²) >= 11 is 2.83. The van der Waals surface area contributed by atoms with E-state index in [1.807, 2.05) is 42.3 Å². The first-order chi connectivity index (χ1) is 14.0. The maximum atomic E-state index is 12.9. The molecule has 1 aliphatic rings. The number of fused-ring (bicyclic) bond motifs is 1. The smallest absolute Gasteiger partial charge is 0.267 e. The summed E-state index contributed by atoms with van der Waals surface area (Å²) in [5.41, 5.74) is 1.60. The molecule has 0 spiro atoms. The summed E-state index contributed by atoms with van der Waals surface area (Å²) in [4.78, 5) is 33.2. The summed E-state index contributed by atoms with van der Waals surface area (Å²) in [6.07, 6.45) is 0.777. The van der Waals surface area contributed by atoms with Crippen molar-refractivity contribution in [3.63, 3.8) is 0 Å². The predicted molar refractivity (Wildman–Crippen MR) is 115 cm³/mol. The van der Waals surface area contributed by atoms with Gasteiger partial charge in [-0.15, -0.1) is 11.3 Å². The van der Waals surface area contributed by atoms with E-state index in [-0.39, 0.29) is 17.9 Å². The van der Waals surface area contributed by atoms with Crippen LogP contribution in [0.25, 0.3) is 0 Å². The number of nitrogens with zero attached hydrogens (tertiary/aromatic N) is 2. The number of carbonyl (C=O) groups is 2. The van der Waals surface area contributed by atoms with E-state index in [9.17, 15) is 9.59 Å². The van der Waals surface area contributed by atoms with E-state index in [0.717, 1.165) is 16.3 Å². The third-order valence-electron chi connectivity index (χ3n) is 4.46. The molecule has 1 aromatic carbocycles. The second kappa shape index (κ2) is 8.34. The van der Waals surface area contributed by atoms with Crippen LogP contribution in [-0.4, -0.2) is 34.3 Å². The van der Waals surface area contributed by atoms with Gasteiger partial charge in [-0.25, -0.2) is 4.98 Å². The molecule has 150 valence electrons. The third-order valence-corrected chi connectivity index (χ3v) is 6.32. The number of nitrogens with one attached hydrogen (secondary N) is 1. The lowest BCUT2D eigenvalue weighted by Gasteiger charge is -2.26. The first-order valence-electron chi connectivity index (χ1n) is 9.39. The number of thiophene rings is 1. The standard InChI is InChI=1S/C21H21N3O3S2/c1-13(2)27-15-7-5-14(6-8-15)20(26)24-10-9-16-18(12-24)29-21(22-16)23-19(25)17-4-3-11-28-17/h3-8,11,13H,9-10,12H2,1-2H3,(H,22,23,25). The van der Waals surface area contributed by atoms with Gasteiger partial charge < -0.3 is 9.64 Å². The molecule has 0 radical (unpaired) electrons. The van der Waals surface area contributed by atoms with Crippen LogP contribution in [0.4, 0.5) is 5.13 Å². The number of aromatic nitrogens is 1. The van der Waals surface area contributed by atoms with Gasteiger partial charge in [-0.1, -0.05) is 17.4 Å². The predicted octanol–water partition coefficient (Wildman–Crippen LogP) is 4.44. The van der Waals surface area contributed by atoms with E-state index in [4.69, 9.17) is 4.74 Å². The summed E-state index contributed by atoms with van der Waals surface area (Å²) in [7, 11) is 0. The van der Waals surface area contributed by atoms with Gasteiger partial charge in [0.15, 0.2) is 5.13 Å². The first kappa shape index (κ1) is 19.6. The van der Waals surface area contributed by atoms with Crippen molar-refractivity contribution in [3.8, 4) is 5.75 Å². The second-order valence-corrected chi connectivity index (χ2v) is 9.02. The molecule has 0 unspecified atom stereocenters. The van der Waals surface area contributed by atoms with E-state index >= 15 is 0 Å². The Hall–Kier alpha value is -2.71. The number of ether oxygens (including phenoxy) is 1. The Morgan fingerprint density at radius 1 is 1.21 bits per heavy atom. The lowest BCUT2D eigenvalue weighted by molar-refractivity contribution is 0.0736. The number of benzene rings is 1. The number of carbonyl (C=O) groups excluding carboxylic acids is 2. The molecule has 0 saturated heterocycles. The van der Waals surface area contributed by atoms with Gasteiger partial charge in [0.05, 0.1) is 23.2 Å². The molecule has 3 heterocycles. The van der Waals surface area contributed by atoms with Crippen molar-refractivity contribution < 1.29 is 14.3 Å². The van der Waals surface area contributed by atoms with E-state index in [0.29, 0.717) is 35.1 Å². The molecule has 0 saturated carbocycles. The number of anilines is 1. The van der Waals surface area contributed by atoms with Gasteiger partial charge in [-0.05, 0) is 49.6 Å². The summed E-state index contributed by atoms with van der Waals surface area (Å²) in [6.45, 7) is 5.05. The molecule has 8 heteroatoms. The molecule has 6 nitrogen and oxygen atoms in total. The van der Waals surface area contributed by atoms with Crippen molar-refractivity contribution in [3.05, 3.63) is 62.8 Å². The van der Waals surface area contributed by atoms with Crippen molar-refractivity contribution in [1.29, 1.82) is 0 Å². The average molecular weight is 428 g/mol. The van der Waals surface area contributed by atoms with Crippen LogP contribution < -0.4 is 10.1 Å². The number of rotatable bonds is 5. The number of hydrogen-bond acceptors (Lipinski definition) is 6. The molecule has 0 fully saturated rings. The molecule has 2 amide bonds. The van der Waals surface area contributed by atoms with Crippen LogP contribution in [0.5, 0.6) is 5.75 Å². The Labute approximate surface area is 177 Å². The van der Waals surface area contributed by atoms with Crippen LogP contribution in [0.2, 0.25) is 0 Å². The quantitative estimate of drug-likeness (QED) is 0.653. The van der Waals surface area contributed by atoms with Crippen molar-refractivity contribution in [2.45, 2.75) is 32.9 Å².